The average Bonchev–Trinajstić information content (AvgIpc) is 2.37. The molecule has 18 heavy (non-hydrogen) atoms. The Morgan fingerprint density at radius 3 is 2.94 bits per heavy atom. The summed E-state index contributed by atoms with van der Waals surface area (Å²) in [5.41, 5.74) is 2.01. The van der Waals surface area contributed by atoms with Gasteiger partial charge in [0, 0.05) is 17.8 Å². The molecule has 1 heterocycles. The van der Waals surface area contributed by atoms with Gasteiger partial charge in [-0.15, -0.1) is 0 Å². The molecule has 0 atom stereocenters. The fourth-order valence-corrected chi connectivity index (χ4v) is 1.82. The molecule has 2 rings (SSSR count). The van der Waals surface area contributed by atoms with Crippen LogP contribution in [-0.4, -0.2) is 12.0 Å². The first-order chi connectivity index (χ1) is 8.78. The van der Waals surface area contributed by atoms with Crippen LogP contribution in [0.25, 0.3) is 0 Å². The van der Waals surface area contributed by atoms with Crippen LogP contribution in [0.15, 0.2) is 42.6 Å². The normalized spacial score (nSPS) is 10.3. The number of halogens is 1. The SMILES string of the molecule is CNCc1cccc(OCc2cc(Cl)ccn2)c1. The maximum atomic E-state index is 5.89. The van der Waals surface area contributed by atoms with Crippen LogP contribution in [0.4, 0.5) is 0 Å². The molecule has 1 N–H and O–H groups in total. The van der Waals surface area contributed by atoms with Crippen LogP contribution >= 0.6 is 11.6 Å². The molecule has 2 aromatic rings. The Kier molecular flexibility index (Phi) is 4.56. The summed E-state index contributed by atoms with van der Waals surface area (Å²) in [6.45, 7) is 1.25. The van der Waals surface area contributed by atoms with E-state index in [1.54, 1.807) is 18.3 Å². The van der Waals surface area contributed by atoms with E-state index in [0.29, 0.717) is 11.6 Å². The molecule has 94 valence electrons. The molecule has 3 nitrogen and oxygen atoms in total. The van der Waals surface area contributed by atoms with Crippen LogP contribution in [0.2, 0.25) is 5.02 Å². The molecule has 0 radical (unpaired) electrons. The quantitative estimate of drug-likeness (QED) is 0.899. The number of rotatable bonds is 5. The number of pyridine rings is 1. The van der Waals surface area contributed by atoms with Gasteiger partial charge in [-0.1, -0.05) is 23.7 Å². The lowest BCUT2D eigenvalue weighted by atomic mass is 10.2. The lowest BCUT2D eigenvalue weighted by Gasteiger charge is -2.07. The van der Waals surface area contributed by atoms with Gasteiger partial charge in [0.05, 0.1) is 5.69 Å². The number of hydrogen-bond acceptors (Lipinski definition) is 3. The molecule has 0 aliphatic carbocycles. The maximum absolute atomic E-state index is 5.89. The van der Waals surface area contributed by atoms with Crippen molar-refractivity contribution in [1.82, 2.24) is 10.3 Å². The lowest BCUT2D eigenvalue weighted by Crippen LogP contribution is -2.05. The third-order valence-electron chi connectivity index (χ3n) is 2.44. The average molecular weight is 263 g/mol. The number of benzene rings is 1. The third-order valence-corrected chi connectivity index (χ3v) is 2.68. The molecule has 0 aliphatic rings. The Morgan fingerprint density at radius 2 is 2.17 bits per heavy atom. The van der Waals surface area contributed by atoms with Gasteiger partial charge in [-0.05, 0) is 36.9 Å². The van der Waals surface area contributed by atoms with E-state index in [1.165, 1.54) is 5.56 Å². The van der Waals surface area contributed by atoms with Gasteiger partial charge in [0.2, 0.25) is 0 Å². The number of nitrogens with one attached hydrogen (secondary N) is 1. The molecular weight excluding hydrogens is 248 g/mol. The summed E-state index contributed by atoms with van der Waals surface area (Å²) in [5, 5.41) is 3.78. The van der Waals surface area contributed by atoms with Gasteiger partial charge >= 0.3 is 0 Å². The predicted molar refractivity (Wildman–Crippen MR) is 72.8 cm³/mol. The molecule has 0 amide bonds. The molecule has 0 unspecified atom stereocenters. The number of aromatic nitrogens is 1. The summed E-state index contributed by atoms with van der Waals surface area (Å²) in [6.07, 6.45) is 1.68. The van der Waals surface area contributed by atoms with E-state index in [4.69, 9.17) is 16.3 Å². The Labute approximate surface area is 112 Å². The monoisotopic (exact) mass is 262 g/mol. The van der Waals surface area contributed by atoms with Crippen molar-refractivity contribution in [2.45, 2.75) is 13.2 Å². The van der Waals surface area contributed by atoms with Gasteiger partial charge in [-0.2, -0.15) is 0 Å². The van der Waals surface area contributed by atoms with E-state index >= 15 is 0 Å². The van der Waals surface area contributed by atoms with Crippen molar-refractivity contribution in [3.8, 4) is 5.75 Å². The van der Waals surface area contributed by atoms with Crippen molar-refractivity contribution in [2.24, 2.45) is 0 Å². The van der Waals surface area contributed by atoms with Crippen molar-refractivity contribution in [2.75, 3.05) is 7.05 Å². The topological polar surface area (TPSA) is 34.1 Å². The van der Waals surface area contributed by atoms with Crippen LogP contribution in [0.1, 0.15) is 11.3 Å². The molecule has 0 spiro atoms. The summed E-state index contributed by atoms with van der Waals surface area (Å²) >= 11 is 5.89. The van der Waals surface area contributed by atoms with Crippen molar-refractivity contribution >= 4 is 11.6 Å². The zero-order valence-electron chi connectivity index (χ0n) is 10.2. The first-order valence-corrected chi connectivity index (χ1v) is 6.12. The second kappa shape index (κ2) is 6.38. The first kappa shape index (κ1) is 12.9. The van der Waals surface area contributed by atoms with Gasteiger partial charge in [0.25, 0.3) is 0 Å². The summed E-state index contributed by atoms with van der Waals surface area (Å²) in [5.74, 6) is 0.838. The van der Waals surface area contributed by atoms with E-state index in [9.17, 15) is 0 Å². The van der Waals surface area contributed by atoms with E-state index in [0.717, 1.165) is 18.0 Å². The smallest absolute Gasteiger partial charge is 0.130 e. The molecule has 0 saturated heterocycles. The summed E-state index contributed by atoms with van der Waals surface area (Å²) < 4.78 is 5.69. The highest BCUT2D eigenvalue weighted by Crippen LogP contribution is 2.15. The first-order valence-electron chi connectivity index (χ1n) is 5.74. The standard InChI is InChI=1S/C14H15ClN2O/c1-16-9-11-3-2-4-14(7-11)18-10-13-8-12(15)5-6-17-13/h2-8,16H,9-10H2,1H3. The van der Waals surface area contributed by atoms with Crippen LogP contribution < -0.4 is 10.1 Å². The predicted octanol–water partition coefficient (Wildman–Crippen LogP) is 3.03. The van der Waals surface area contributed by atoms with E-state index in [2.05, 4.69) is 16.4 Å². The highest BCUT2D eigenvalue weighted by atomic mass is 35.5. The van der Waals surface area contributed by atoms with Gasteiger partial charge < -0.3 is 10.1 Å². The number of nitrogens with zero attached hydrogens (tertiary/aromatic N) is 1. The summed E-state index contributed by atoms with van der Waals surface area (Å²) in [7, 11) is 1.92. The number of hydrogen-bond donors (Lipinski definition) is 1. The third kappa shape index (κ3) is 3.72. The number of ether oxygens (including phenoxy) is 1. The van der Waals surface area contributed by atoms with E-state index < -0.39 is 0 Å². The van der Waals surface area contributed by atoms with Crippen LogP contribution in [0.5, 0.6) is 5.75 Å². The highest BCUT2D eigenvalue weighted by molar-refractivity contribution is 6.30. The fraction of sp³-hybridized carbons (Fsp3) is 0.214. The largest absolute Gasteiger partial charge is 0.487 e. The van der Waals surface area contributed by atoms with Crippen LogP contribution in [-0.2, 0) is 13.2 Å². The molecular formula is C14H15ClN2O. The van der Waals surface area contributed by atoms with Crippen molar-refractivity contribution in [1.29, 1.82) is 0 Å². The minimum Gasteiger partial charge on any atom is -0.487 e. The Balaban J connectivity index is 1.99. The summed E-state index contributed by atoms with van der Waals surface area (Å²) in [4.78, 5) is 4.19. The zero-order valence-corrected chi connectivity index (χ0v) is 10.9. The van der Waals surface area contributed by atoms with Crippen molar-refractivity contribution in [3.05, 3.63) is 58.9 Å². The highest BCUT2D eigenvalue weighted by Gasteiger charge is 1.99. The molecule has 0 fully saturated rings. The zero-order chi connectivity index (χ0) is 12.8. The molecule has 1 aromatic carbocycles. The second-order valence-corrected chi connectivity index (χ2v) is 4.37. The fourth-order valence-electron chi connectivity index (χ4n) is 1.63. The molecule has 0 bridgehead atoms. The van der Waals surface area contributed by atoms with Crippen molar-refractivity contribution < 1.29 is 4.74 Å². The van der Waals surface area contributed by atoms with E-state index in [-0.39, 0.29) is 0 Å². The van der Waals surface area contributed by atoms with Crippen LogP contribution in [0.3, 0.4) is 0 Å². The van der Waals surface area contributed by atoms with E-state index in [1.807, 2.05) is 25.2 Å². The second-order valence-electron chi connectivity index (χ2n) is 3.93. The molecule has 0 aliphatic heterocycles. The van der Waals surface area contributed by atoms with Gasteiger partial charge in [-0.3, -0.25) is 4.98 Å². The minimum atomic E-state index is 0.420. The minimum absolute atomic E-state index is 0.420. The lowest BCUT2D eigenvalue weighted by molar-refractivity contribution is 0.301. The summed E-state index contributed by atoms with van der Waals surface area (Å²) in [6, 6.07) is 11.5. The van der Waals surface area contributed by atoms with Gasteiger partial charge in [0.1, 0.15) is 12.4 Å². The van der Waals surface area contributed by atoms with Crippen molar-refractivity contribution in [3.63, 3.8) is 0 Å². The van der Waals surface area contributed by atoms with Gasteiger partial charge in [-0.25, -0.2) is 0 Å². The maximum Gasteiger partial charge on any atom is 0.130 e. The molecule has 4 heteroatoms. The Hall–Kier alpha value is -1.58. The van der Waals surface area contributed by atoms with Gasteiger partial charge in [0.15, 0.2) is 0 Å². The Morgan fingerprint density at radius 1 is 1.28 bits per heavy atom. The van der Waals surface area contributed by atoms with Crippen LogP contribution in [0, 0.1) is 0 Å². The Bertz CT molecular complexity index is 517. The molecule has 0 saturated carbocycles. The molecule has 1 aromatic heterocycles.